The van der Waals surface area contributed by atoms with Crippen LogP contribution in [0.1, 0.15) is 13.8 Å². The number of thioether (sulfide) groups is 1. The summed E-state index contributed by atoms with van der Waals surface area (Å²) in [6.07, 6.45) is 0. The van der Waals surface area contributed by atoms with Gasteiger partial charge in [0.25, 0.3) is 5.24 Å². The summed E-state index contributed by atoms with van der Waals surface area (Å²) in [7, 11) is 0. The molecule has 1 aromatic carbocycles. The lowest BCUT2D eigenvalue weighted by Gasteiger charge is -2.34. The Kier molecular flexibility index (Phi) is 9.73. The Balaban J connectivity index is 2.88. The quantitative estimate of drug-likeness (QED) is 0.231. The lowest BCUT2D eigenvalue weighted by molar-refractivity contribution is 0.216. The monoisotopic (exact) mass is 655 g/mol. The van der Waals surface area contributed by atoms with Crippen molar-refractivity contribution in [3.05, 3.63) is 28.7 Å². The highest BCUT2D eigenvalue weighted by atomic mass is 79.9. The van der Waals surface area contributed by atoms with Crippen LogP contribution in [-0.2, 0) is 0 Å². The average molecular weight is 660 g/mol. The van der Waals surface area contributed by atoms with Gasteiger partial charge in [0.15, 0.2) is 0 Å². The second kappa shape index (κ2) is 9.95. The molecular weight excluding hydrogens is 642 g/mol. The Morgan fingerprint density at radius 3 is 1.87 bits per heavy atom. The van der Waals surface area contributed by atoms with E-state index >= 15 is 0 Å². The summed E-state index contributed by atoms with van der Waals surface area (Å²) >= 11 is 19.1. The van der Waals surface area contributed by atoms with Crippen molar-refractivity contribution >= 4 is 96.7 Å². The molecule has 1 amide bonds. The molecule has 0 saturated heterocycles. The van der Waals surface area contributed by atoms with Crippen molar-refractivity contribution in [1.29, 1.82) is 0 Å². The number of halogens is 5. The lowest BCUT2D eigenvalue weighted by Crippen LogP contribution is -2.46. The standard InChI is InChI=1S/C15H18Br5NOS/c1-14(19,7-16)9-21(10-15(2,20)8-17)13(22)23-12-5-3-11(18)4-6-12/h3-6H,7-10H2,1-2H3. The fourth-order valence-corrected chi connectivity index (χ4v) is 3.69. The summed E-state index contributed by atoms with van der Waals surface area (Å²) in [6.45, 7) is 5.39. The summed E-state index contributed by atoms with van der Waals surface area (Å²) in [5.74, 6) is 0. The number of rotatable bonds is 7. The van der Waals surface area contributed by atoms with Gasteiger partial charge in [0.1, 0.15) is 0 Å². The molecule has 8 heteroatoms. The van der Waals surface area contributed by atoms with E-state index in [2.05, 4.69) is 93.5 Å². The number of carbonyl (C=O) groups excluding carboxylic acids is 1. The van der Waals surface area contributed by atoms with E-state index < -0.39 is 0 Å². The molecule has 0 aliphatic rings. The second-order valence-electron chi connectivity index (χ2n) is 5.77. The maximum atomic E-state index is 12.8. The lowest BCUT2D eigenvalue weighted by atomic mass is 10.1. The molecule has 0 spiro atoms. The molecule has 1 aromatic rings. The highest BCUT2D eigenvalue weighted by Crippen LogP contribution is 2.30. The molecule has 0 bridgehead atoms. The van der Waals surface area contributed by atoms with E-state index in [4.69, 9.17) is 0 Å². The molecule has 0 saturated carbocycles. The molecular formula is C15H18Br5NOS. The zero-order valence-corrected chi connectivity index (χ0v) is 21.5. The van der Waals surface area contributed by atoms with Crippen LogP contribution in [0.25, 0.3) is 0 Å². The molecule has 0 fully saturated rings. The van der Waals surface area contributed by atoms with Crippen molar-refractivity contribution in [3.8, 4) is 0 Å². The van der Waals surface area contributed by atoms with Gasteiger partial charge in [0.2, 0.25) is 0 Å². The van der Waals surface area contributed by atoms with E-state index in [1.807, 2.05) is 29.2 Å². The molecule has 2 nitrogen and oxygen atoms in total. The Morgan fingerprint density at radius 1 is 1.04 bits per heavy atom. The van der Waals surface area contributed by atoms with Crippen LogP contribution in [0, 0.1) is 0 Å². The summed E-state index contributed by atoms with van der Waals surface area (Å²) in [5, 5.41) is 1.57. The van der Waals surface area contributed by atoms with E-state index in [0.717, 1.165) is 20.0 Å². The molecule has 1 rings (SSSR count). The summed E-state index contributed by atoms with van der Waals surface area (Å²) < 4.78 is 0.669. The van der Waals surface area contributed by atoms with Crippen LogP contribution in [0.2, 0.25) is 0 Å². The first-order valence-electron chi connectivity index (χ1n) is 6.81. The Bertz CT molecular complexity index is 503. The predicted octanol–water partition coefficient (Wildman–Crippen LogP) is 7.06. The topological polar surface area (TPSA) is 20.3 Å². The fraction of sp³-hybridized carbons (Fsp3) is 0.533. The first-order valence-corrected chi connectivity index (χ1v) is 12.2. The highest BCUT2D eigenvalue weighted by molar-refractivity contribution is 9.12. The van der Waals surface area contributed by atoms with Gasteiger partial charge in [-0.3, -0.25) is 4.79 Å². The fourth-order valence-electron chi connectivity index (χ4n) is 1.73. The minimum absolute atomic E-state index is 0.0468. The summed E-state index contributed by atoms with van der Waals surface area (Å²) in [4.78, 5) is 15.6. The number of benzene rings is 1. The van der Waals surface area contributed by atoms with Crippen molar-refractivity contribution in [2.75, 3.05) is 23.7 Å². The molecule has 0 aliphatic carbocycles. The second-order valence-corrected chi connectivity index (χ2v) is 12.7. The van der Waals surface area contributed by atoms with E-state index in [1.165, 1.54) is 11.8 Å². The zero-order valence-electron chi connectivity index (χ0n) is 12.8. The van der Waals surface area contributed by atoms with E-state index in [0.29, 0.717) is 13.1 Å². The van der Waals surface area contributed by atoms with Gasteiger partial charge in [-0.1, -0.05) is 79.6 Å². The number of alkyl halides is 4. The first-order chi connectivity index (χ1) is 10.6. The molecule has 0 heterocycles. The van der Waals surface area contributed by atoms with Crippen molar-refractivity contribution in [3.63, 3.8) is 0 Å². The maximum absolute atomic E-state index is 12.8. The van der Waals surface area contributed by atoms with Crippen molar-refractivity contribution in [2.45, 2.75) is 27.4 Å². The SMILES string of the molecule is CC(Br)(CBr)CN(CC(C)(Br)CBr)C(=O)Sc1ccc(Br)cc1. The Morgan fingerprint density at radius 2 is 1.48 bits per heavy atom. The zero-order chi connectivity index (χ0) is 17.7. The normalized spacial score (nSPS) is 16.5. The minimum atomic E-state index is -0.168. The van der Waals surface area contributed by atoms with Crippen molar-refractivity contribution < 1.29 is 4.79 Å². The van der Waals surface area contributed by atoms with Gasteiger partial charge in [0.05, 0.1) is 8.65 Å². The van der Waals surface area contributed by atoms with Crippen molar-refractivity contribution in [2.24, 2.45) is 0 Å². The van der Waals surface area contributed by atoms with E-state index in [1.54, 1.807) is 0 Å². The van der Waals surface area contributed by atoms with E-state index in [9.17, 15) is 4.79 Å². The third-order valence-electron chi connectivity index (χ3n) is 2.88. The van der Waals surface area contributed by atoms with Crippen LogP contribution in [-0.4, -0.2) is 42.5 Å². The Labute approximate surface area is 184 Å². The van der Waals surface area contributed by atoms with Crippen LogP contribution in [0.15, 0.2) is 33.6 Å². The number of carbonyl (C=O) groups is 1. The first kappa shape index (κ1) is 22.5. The van der Waals surface area contributed by atoms with Crippen LogP contribution in [0.4, 0.5) is 4.79 Å². The van der Waals surface area contributed by atoms with Gasteiger partial charge in [0, 0.05) is 33.1 Å². The van der Waals surface area contributed by atoms with Crippen LogP contribution < -0.4 is 0 Å². The van der Waals surface area contributed by atoms with Crippen LogP contribution in [0.3, 0.4) is 0 Å². The third kappa shape index (κ3) is 8.58. The number of amides is 1. The van der Waals surface area contributed by atoms with Gasteiger partial charge < -0.3 is 4.90 Å². The number of nitrogens with zero attached hydrogens (tertiary/aromatic N) is 1. The van der Waals surface area contributed by atoms with Gasteiger partial charge in [-0.2, -0.15) is 0 Å². The number of hydrogen-bond acceptors (Lipinski definition) is 2. The molecule has 130 valence electrons. The van der Waals surface area contributed by atoms with Crippen LogP contribution >= 0.6 is 91.4 Å². The molecule has 2 atom stereocenters. The molecule has 2 unspecified atom stereocenters. The third-order valence-corrected chi connectivity index (χ3v) is 9.39. The van der Waals surface area contributed by atoms with Crippen LogP contribution in [0.5, 0.6) is 0 Å². The van der Waals surface area contributed by atoms with Gasteiger partial charge in [-0.25, -0.2) is 0 Å². The molecule has 23 heavy (non-hydrogen) atoms. The molecule has 0 aromatic heterocycles. The molecule has 0 N–H and O–H groups in total. The minimum Gasteiger partial charge on any atom is -0.330 e. The predicted molar refractivity (Wildman–Crippen MR) is 119 cm³/mol. The smallest absolute Gasteiger partial charge is 0.286 e. The van der Waals surface area contributed by atoms with Gasteiger partial charge >= 0.3 is 0 Å². The average Bonchev–Trinajstić information content (AvgIpc) is 2.48. The number of hydrogen-bond donors (Lipinski definition) is 0. The van der Waals surface area contributed by atoms with Gasteiger partial charge in [-0.15, -0.1) is 0 Å². The largest absolute Gasteiger partial charge is 0.330 e. The maximum Gasteiger partial charge on any atom is 0.286 e. The highest BCUT2D eigenvalue weighted by Gasteiger charge is 2.31. The molecule has 0 radical (unpaired) electrons. The van der Waals surface area contributed by atoms with Gasteiger partial charge in [-0.05, 0) is 49.9 Å². The molecule has 0 aliphatic heterocycles. The Hall–Kier alpha value is 1.44. The van der Waals surface area contributed by atoms with E-state index in [-0.39, 0.29) is 13.9 Å². The summed E-state index contributed by atoms with van der Waals surface area (Å²) in [5.41, 5.74) is 0. The van der Waals surface area contributed by atoms with Crippen molar-refractivity contribution in [1.82, 2.24) is 4.90 Å². The summed E-state index contributed by atoms with van der Waals surface area (Å²) in [6, 6.07) is 7.78.